The monoisotopic (exact) mass is 297 g/mol. The number of aromatic hydroxyl groups is 1. The van der Waals surface area contributed by atoms with E-state index < -0.39 is 0 Å². The van der Waals surface area contributed by atoms with Crippen LogP contribution in [0.1, 0.15) is 0 Å². The van der Waals surface area contributed by atoms with Crippen molar-refractivity contribution in [2.75, 3.05) is 0 Å². The molecule has 0 aliphatic carbocycles. The summed E-state index contributed by atoms with van der Waals surface area (Å²) in [7, 11) is 0. The molecule has 1 N–H and O–H groups in total. The van der Waals surface area contributed by atoms with Gasteiger partial charge in [-0.1, -0.05) is 48.5 Å². The molecule has 2 nitrogen and oxygen atoms in total. The molecule has 0 saturated heterocycles. The minimum absolute atomic E-state index is 0.262. The third kappa shape index (κ3) is 2.55. The summed E-state index contributed by atoms with van der Waals surface area (Å²) in [6.07, 6.45) is 0. The van der Waals surface area contributed by atoms with Gasteiger partial charge in [-0.15, -0.1) is 0 Å². The van der Waals surface area contributed by atoms with Crippen LogP contribution in [0.4, 0.5) is 0 Å². The van der Waals surface area contributed by atoms with Crippen molar-refractivity contribution in [2.24, 2.45) is 0 Å². The normalized spacial score (nSPS) is 10.8. The van der Waals surface area contributed by atoms with Crippen LogP contribution < -0.4 is 0 Å². The topological polar surface area (TPSA) is 33.1 Å². The highest BCUT2D eigenvalue weighted by molar-refractivity contribution is 5.96. The van der Waals surface area contributed by atoms with Crippen LogP contribution in [-0.4, -0.2) is 10.1 Å². The molecule has 1 aromatic heterocycles. The fourth-order valence-corrected chi connectivity index (χ4v) is 2.81. The molecule has 0 spiro atoms. The van der Waals surface area contributed by atoms with Crippen LogP contribution >= 0.6 is 0 Å². The summed E-state index contributed by atoms with van der Waals surface area (Å²) in [4.78, 5) is 4.78. The van der Waals surface area contributed by atoms with Gasteiger partial charge in [0.2, 0.25) is 0 Å². The van der Waals surface area contributed by atoms with Gasteiger partial charge in [-0.25, -0.2) is 4.98 Å². The fourth-order valence-electron chi connectivity index (χ4n) is 2.81. The molecule has 0 aliphatic heterocycles. The van der Waals surface area contributed by atoms with Crippen LogP contribution in [0.3, 0.4) is 0 Å². The molecular formula is C21H15NO. The van der Waals surface area contributed by atoms with Crippen molar-refractivity contribution >= 4 is 10.9 Å². The Morgan fingerprint density at radius 1 is 0.652 bits per heavy atom. The molecule has 4 aromatic rings. The van der Waals surface area contributed by atoms with E-state index in [2.05, 4.69) is 24.3 Å². The van der Waals surface area contributed by atoms with Gasteiger partial charge in [-0.2, -0.15) is 0 Å². The molecular weight excluding hydrogens is 282 g/mol. The van der Waals surface area contributed by atoms with Gasteiger partial charge >= 0.3 is 0 Å². The second kappa shape index (κ2) is 5.58. The molecule has 0 saturated carbocycles. The van der Waals surface area contributed by atoms with Gasteiger partial charge in [0, 0.05) is 10.9 Å². The first-order valence-electron chi connectivity index (χ1n) is 7.56. The number of rotatable bonds is 2. The van der Waals surface area contributed by atoms with Gasteiger partial charge in [0.05, 0.1) is 11.2 Å². The standard InChI is InChI=1S/C21H15NO/c23-17-12-10-16(11-13-17)21-14-19(15-6-2-1-3-7-15)18-8-4-5-9-20(18)22-21/h1-14,23H. The summed E-state index contributed by atoms with van der Waals surface area (Å²) in [6.45, 7) is 0. The van der Waals surface area contributed by atoms with Crippen molar-refractivity contribution in [3.05, 3.63) is 84.9 Å². The molecule has 0 fully saturated rings. The quantitative estimate of drug-likeness (QED) is 0.546. The van der Waals surface area contributed by atoms with Gasteiger partial charge in [-0.05, 0) is 47.5 Å². The van der Waals surface area contributed by atoms with E-state index in [1.807, 2.05) is 48.5 Å². The highest BCUT2D eigenvalue weighted by atomic mass is 16.3. The van der Waals surface area contributed by atoms with E-state index in [1.54, 1.807) is 12.1 Å². The van der Waals surface area contributed by atoms with Crippen LogP contribution in [0.5, 0.6) is 5.75 Å². The maximum Gasteiger partial charge on any atom is 0.115 e. The first-order chi connectivity index (χ1) is 11.3. The van der Waals surface area contributed by atoms with Crippen molar-refractivity contribution in [3.8, 4) is 28.1 Å². The lowest BCUT2D eigenvalue weighted by Crippen LogP contribution is -1.89. The Morgan fingerprint density at radius 2 is 1.35 bits per heavy atom. The van der Waals surface area contributed by atoms with Crippen LogP contribution in [0.25, 0.3) is 33.3 Å². The maximum atomic E-state index is 9.49. The highest BCUT2D eigenvalue weighted by Crippen LogP contribution is 2.32. The van der Waals surface area contributed by atoms with Gasteiger partial charge in [0.25, 0.3) is 0 Å². The first-order valence-corrected chi connectivity index (χ1v) is 7.56. The summed E-state index contributed by atoms with van der Waals surface area (Å²) in [5.41, 5.74) is 5.20. The Kier molecular flexibility index (Phi) is 3.28. The lowest BCUT2D eigenvalue weighted by Gasteiger charge is -2.10. The van der Waals surface area contributed by atoms with Gasteiger partial charge in [-0.3, -0.25) is 0 Å². The molecule has 0 radical (unpaired) electrons. The van der Waals surface area contributed by atoms with Crippen molar-refractivity contribution in [2.45, 2.75) is 0 Å². The average molecular weight is 297 g/mol. The summed E-state index contributed by atoms with van der Waals surface area (Å²) in [6, 6.07) is 27.8. The van der Waals surface area contributed by atoms with E-state index in [1.165, 1.54) is 11.1 Å². The Morgan fingerprint density at radius 3 is 2.13 bits per heavy atom. The van der Waals surface area contributed by atoms with Crippen LogP contribution in [-0.2, 0) is 0 Å². The van der Waals surface area contributed by atoms with Gasteiger partial charge < -0.3 is 5.11 Å². The summed E-state index contributed by atoms with van der Waals surface area (Å²) in [5.74, 6) is 0.262. The van der Waals surface area contributed by atoms with Crippen molar-refractivity contribution in [3.63, 3.8) is 0 Å². The average Bonchev–Trinajstić information content (AvgIpc) is 2.62. The SMILES string of the molecule is Oc1ccc(-c2cc(-c3ccccc3)c3ccccc3n2)cc1. The number of fused-ring (bicyclic) bond motifs is 1. The molecule has 0 aliphatic rings. The Hall–Kier alpha value is -3.13. The molecule has 0 bridgehead atoms. The van der Waals surface area contributed by atoms with Gasteiger partial charge in [0.15, 0.2) is 0 Å². The summed E-state index contributed by atoms with van der Waals surface area (Å²) in [5, 5.41) is 10.6. The van der Waals surface area contributed by atoms with Gasteiger partial charge in [0.1, 0.15) is 5.75 Å². The predicted octanol–water partition coefficient (Wildman–Crippen LogP) is 5.27. The second-order valence-corrected chi connectivity index (χ2v) is 5.49. The molecule has 0 unspecified atom stereocenters. The number of aromatic nitrogens is 1. The number of phenolic OH excluding ortho intramolecular Hbond substituents is 1. The number of hydrogen-bond acceptors (Lipinski definition) is 2. The maximum absolute atomic E-state index is 9.49. The fraction of sp³-hybridized carbons (Fsp3) is 0. The van der Waals surface area contributed by atoms with E-state index >= 15 is 0 Å². The van der Waals surface area contributed by atoms with Crippen LogP contribution in [0.2, 0.25) is 0 Å². The third-order valence-corrected chi connectivity index (χ3v) is 3.96. The number of benzene rings is 3. The molecule has 2 heteroatoms. The van der Waals surface area contributed by atoms with E-state index in [9.17, 15) is 5.11 Å². The molecule has 3 aromatic carbocycles. The Bertz CT molecular complexity index is 960. The van der Waals surface area contributed by atoms with Crippen molar-refractivity contribution in [1.82, 2.24) is 4.98 Å². The largest absolute Gasteiger partial charge is 0.508 e. The Labute approximate surface area is 134 Å². The van der Waals surface area contributed by atoms with Crippen LogP contribution in [0, 0.1) is 0 Å². The zero-order valence-corrected chi connectivity index (χ0v) is 12.5. The van der Waals surface area contributed by atoms with Crippen molar-refractivity contribution in [1.29, 1.82) is 0 Å². The molecule has 1 heterocycles. The minimum Gasteiger partial charge on any atom is -0.508 e. The molecule has 4 rings (SSSR count). The van der Waals surface area contributed by atoms with Crippen LogP contribution in [0.15, 0.2) is 84.9 Å². The smallest absolute Gasteiger partial charge is 0.115 e. The number of phenols is 1. The molecule has 0 amide bonds. The number of pyridine rings is 1. The van der Waals surface area contributed by atoms with E-state index in [0.717, 1.165) is 22.2 Å². The molecule has 23 heavy (non-hydrogen) atoms. The first kappa shape index (κ1) is 13.5. The number of para-hydroxylation sites is 1. The van der Waals surface area contributed by atoms with E-state index in [0.29, 0.717) is 0 Å². The zero-order valence-electron chi connectivity index (χ0n) is 12.5. The second-order valence-electron chi connectivity index (χ2n) is 5.49. The Balaban J connectivity index is 1.99. The lowest BCUT2D eigenvalue weighted by atomic mass is 9.98. The molecule has 110 valence electrons. The van der Waals surface area contributed by atoms with E-state index in [-0.39, 0.29) is 5.75 Å². The third-order valence-electron chi connectivity index (χ3n) is 3.96. The zero-order chi connectivity index (χ0) is 15.6. The van der Waals surface area contributed by atoms with Crippen molar-refractivity contribution < 1.29 is 5.11 Å². The number of hydrogen-bond donors (Lipinski definition) is 1. The highest BCUT2D eigenvalue weighted by Gasteiger charge is 2.09. The summed E-state index contributed by atoms with van der Waals surface area (Å²) < 4.78 is 0. The lowest BCUT2D eigenvalue weighted by molar-refractivity contribution is 0.475. The van der Waals surface area contributed by atoms with E-state index in [4.69, 9.17) is 4.98 Å². The summed E-state index contributed by atoms with van der Waals surface area (Å²) >= 11 is 0. The minimum atomic E-state index is 0.262. The predicted molar refractivity (Wildman–Crippen MR) is 94.3 cm³/mol. The molecule has 0 atom stereocenters. The number of nitrogens with zero attached hydrogens (tertiary/aromatic N) is 1.